The summed E-state index contributed by atoms with van der Waals surface area (Å²) in [6.07, 6.45) is 0.341. The molecule has 2 N–H and O–H groups in total. The van der Waals surface area contributed by atoms with Gasteiger partial charge in [-0.3, -0.25) is 0 Å². The van der Waals surface area contributed by atoms with Crippen LogP contribution in [0.5, 0.6) is 0 Å². The van der Waals surface area contributed by atoms with Crippen LogP contribution in [0.4, 0.5) is 27.8 Å². The topological polar surface area (TPSA) is 56.7 Å². The van der Waals surface area contributed by atoms with E-state index in [9.17, 15) is 22.0 Å². The molecule has 0 saturated carbocycles. The summed E-state index contributed by atoms with van der Waals surface area (Å²) in [5.74, 6) is -9.93. The largest absolute Gasteiger partial charge is 0.381 e. The molecule has 0 aliphatic heterocycles. The average Bonchev–Trinajstić information content (AvgIpc) is 2.79. The fourth-order valence-electron chi connectivity index (χ4n) is 1.78. The summed E-state index contributed by atoms with van der Waals surface area (Å²) < 4.78 is 67.1. The lowest BCUT2D eigenvalue weighted by Gasteiger charge is -2.09. The first-order chi connectivity index (χ1) is 9.38. The third-order valence-electron chi connectivity index (χ3n) is 2.81. The van der Waals surface area contributed by atoms with Gasteiger partial charge in [-0.15, -0.1) is 5.10 Å². The molecule has 0 aliphatic carbocycles. The molecule has 0 spiro atoms. The third-order valence-corrected chi connectivity index (χ3v) is 2.81. The van der Waals surface area contributed by atoms with Crippen LogP contribution >= 0.6 is 0 Å². The van der Waals surface area contributed by atoms with Crippen LogP contribution in [-0.4, -0.2) is 15.0 Å². The first-order valence-electron chi connectivity index (χ1n) is 5.56. The van der Waals surface area contributed by atoms with Crippen LogP contribution < -0.4 is 5.73 Å². The summed E-state index contributed by atoms with van der Waals surface area (Å²) in [7, 11) is 0. The lowest BCUT2D eigenvalue weighted by Crippen LogP contribution is -2.13. The van der Waals surface area contributed by atoms with Gasteiger partial charge in [0.2, 0.25) is 5.82 Å². The number of anilines is 1. The first kappa shape index (κ1) is 14.2. The van der Waals surface area contributed by atoms with Crippen molar-refractivity contribution in [2.24, 2.45) is 0 Å². The van der Waals surface area contributed by atoms with Crippen LogP contribution in [0.3, 0.4) is 0 Å². The summed E-state index contributed by atoms with van der Waals surface area (Å²) in [5, 5.41) is 7.01. The van der Waals surface area contributed by atoms with E-state index in [2.05, 4.69) is 10.3 Å². The van der Waals surface area contributed by atoms with Gasteiger partial charge in [-0.1, -0.05) is 12.1 Å². The summed E-state index contributed by atoms with van der Waals surface area (Å²) in [4.78, 5) is 0. The highest BCUT2D eigenvalue weighted by Crippen LogP contribution is 2.24. The van der Waals surface area contributed by atoms with E-state index >= 15 is 0 Å². The Hall–Kier alpha value is -2.19. The minimum Gasteiger partial charge on any atom is -0.381 e. The average molecular weight is 292 g/mol. The van der Waals surface area contributed by atoms with Crippen molar-refractivity contribution in [3.8, 4) is 0 Å². The zero-order chi connectivity index (χ0) is 15.0. The van der Waals surface area contributed by atoms with Gasteiger partial charge in [0.1, 0.15) is 0 Å². The quantitative estimate of drug-likeness (QED) is 0.536. The van der Waals surface area contributed by atoms with E-state index in [1.165, 1.54) is 0 Å². The van der Waals surface area contributed by atoms with E-state index in [4.69, 9.17) is 5.73 Å². The first-order valence-corrected chi connectivity index (χ1v) is 5.56. The van der Waals surface area contributed by atoms with Crippen molar-refractivity contribution in [1.82, 2.24) is 15.0 Å². The molecule has 20 heavy (non-hydrogen) atoms. The smallest absolute Gasteiger partial charge is 0.200 e. The molecule has 1 heterocycles. The molecule has 9 heteroatoms. The van der Waals surface area contributed by atoms with Crippen LogP contribution in [0.25, 0.3) is 0 Å². The number of aromatic nitrogens is 3. The number of hydrogen-bond donors (Lipinski definition) is 1. The van der Waals surface area contributed by atoms with Gasteiger partial charge in [0.25, 0.3) is 0 Å². The summed E-state index contributed by atoms with van der Waals surface area (Å²) in [6, 6.07) is 0. The maximum Gasteiger partial charge on any atom is 0.200 e. The van der Waals surface area contributed by atoms with E-state index in [0.717, 1.165) is 4.68 Å². The number of nitrogen functional groups attached to an aromatic ring is 1. The predicted molar refractivity (Wildman–Crippen MR) is 59.1 cm³/mol. The van der Waals surface area contributed by atoms with Crippen LogP contribution in [0.15, 0.2) is 0 Å². The van der Waals surface area contributed by atoms with Crippen LogP contribution in [0, 0.1) is 29.1 Å². The van der Waals surface area contributed by atoms with Crippen molar-refractivity contribution in [2.45, 2.75) is 19.9 Å². The number of nitrogens with zero attached hydrogens (tertiary/aromatic N) is 3. The summed E-state index contributed by atoms with van der Waals surface area (Å²) in [6.45, 7) is 1.03. The van der Waals surface area contributed by atoms with Gasteiger partial charge in [0.15, 0.2) is 29.1 Å². The number of halogens is 5. The molecule has 1 aromatic carbocycles. The second-order valence-electron chi connectivity index (χ2n) is 3.98. The molecule has 0 atom stereocenters. The number of hydrogen-bond acceptors (Lipinski definition) is 3. The van der Waals surface area contributed by atoms with Gasteiger partial charge in [-0.05, 0) is 6.42 Å². The van der Waals surface area contributed by atoms with Gasteiger partial charge in [0.05, 0.1) is 17.8 Å². The van der Waals surface area contributed by atoms with Crippen LogP contribution in [0.2, 0.25) is 0 Å². The van der Waals surface area contributed by atoms with E-state index < -0.39 is 41.2 Å². The zero-order valence-corrected chi connectivity index (χ0v) is 10.2. The molecule has 0 unspecified atom stereocenters. The zero-order valence-electron chi connectivity index (χ0n) is 10.2. The second-order valence-corrected chi connectivity index (χ2v) is 3.98. The highest BCUT2D eigenvalue weighted by Gasteiger charge is 2.26. The molecule has 0 bridgehead atoms. The highest BCUT2D eigenvalue weighted by molar-refractivity contribution is 5.33. The fraction of sp³-hybridized carbons (Fsp3) is 0.273. The normalized spacial score (nSPS) is 11.1. The summed E-state index contributed by atoms with van der Waals surface area (Å²) in [5.41, 5.74) is 4.83. The van der Waals surface area contributed by atoms with Gasteiger partial charge >= 0.3 is 0 Å². The number of nitrogens with two attached hydrogens (primary N) is 1. The molecule has 0 amide bonds. The van der Waals surface area contributed by atoms with E-state index in [1.807, 2.05) is 0 Å². The minimum absolute atomic E-state index is 0.0383. The Bertz CT molecular complexity index is 638. The molecule has 1 aromatic heterocycles. The van der Waals surface area contributed by atoms with E-state index in [0.29, 0.717) is 12.1 Å². The molecule has 108 valence electrons. The molecule has 4 nitrogen and oxygen atoms in total. The molecule has 0 fully saturated rings. The van der Waals surface area contributed by atoms with Crippen molar-refractivity contribution in [3.63, 3.8) is 0 Å². The summed E-state index contributed by atoms with van der Waals surface area (Å²) >= 11 is 0. The Morgan fingerprint density at radius 2 is 1.45 bits per heavy atom. The lowest BCUT2D eigenvalue weighted by molar-refractivity contribution is 0.366. The SMILES string of the molecule is CCc1c(N)nnn1Cc1c(F)c(F)c(F)c(F)c1F. The van der Waals surface area contributed by atoms with Gasteiger partial charge in [0, 0.05) is 0 Å². The maximum atomic E-state index is 13.5. The number of rotatable bonds is 3. The standard InChI is InChI=1S/C11H9F5N4/c1-2-5-11(17)18-19-20(5)3-4-6(12)8(14)10(16)9(15)7(4)13/h2-3,17H2,1H3. The molecule has 0 saturated heterocycles. The van der Waals surface area contributed by atoms with Gasteiger partial charge in [-0.25, -0.2) is 26.6 Å². The molecule has 0 aliphatic rings. The van der Waals surface area contributed by atoms with E-state index in [-0.39, 0.29) is 5.82 Å². The van der Waals surface area contributed by atoms with Crippen molar-refractivity contribution in [2.75, 3.05) is 5.73 Å². The Balaban J connectivity index is 2.54. The molecule has 2 rings (SSSR count). The Morgan fingerprint density at radius 1 is 0.950 bits per heavy atom. The highest BCUT2D eigenvalue weighted by atomic mass is 19.2. The second kappa shape index (κ2) is 5.06. The van der Waals surface area contributed by atoms with Crippen molar-refractivity contribution in [1.29, 1.82) is 0 Å². The fourth-order valence-corrected chi connectivity index (χ4v) is 1.78. The maximum absolute atomic E-state index is 13.5. The number of benzene rings is 1. The van der Waals surface area contributed by atoms with Crippen molar-refractivity contribution < 1.29 is 22.0 Å². The van der Waals surface area contributed by atoms with Crippen molar-refractivity contribution >= 4 is 5.82 Å². The van der Waals surface area contributed by atoms with Crippen LogP contribution in [0.1, 0.15) is 18.2 Å². The van der Waals surface area contributed by atoms with Gasteiger partial charge in [-0.2, -0.15) is 0 Å². The Labute approximate surface area is 110 Å². The van der Waals surface area contributed by atoms with Crippen LogP contribution in [-0.2, 0) is 13.0 Å². The monoisotopic (exact) mass is 292 g/mol. The predicted octanol–water partition coefficient (Wildman–Crippen LogP) is 2.17. The third kappa shape index (κ3) is 2.08. The van der Waals surface area contributed by atoms with Gasteiger partial charge < -0.3 is 5.73 Å². The molecular formula is C11H9F5N4. The molecular weight excluding hydrogens is 283 g/mol. The lowest BCUT2D eigenvalue weighted by atomic mass is 10.1. The Morgan fingerprint density at radius 3 is 1.95 bits per heavy atom. The Kier molecular flexibility index (Phi) is 3.60. The molecule has 2 aromatic rings. The molecule has 0 radical (unpaired) electrons. The van der Waals surface area contributed by atoms with E-state index in [1.54, 1.807) is 6.92 Å². The van der Waals surface area contributed by atoms with Crippen molar-refractivity contribution in [3.05, 3.63) is 40.3 Å². The minimum atomic E-state index is -2.20.